The number of carbonyl (C=O) groups excluding carboxylic acids is 4. The van der Waals surface area contributed by atoms with Gasteiger partial charge in [-0.3, -0.25) is 19.2 Å². The van der Waals surface area contributed by atoms with Crippen LogP contribution in [-0.2, 0) is 28.7 Å². The van der Waals surface area contributed by atoms with Gasteiger partial charge in [-0.2, -0.15) is 0 Å². The summed E-state index contributed by atoms with van der Waals surface area (Å²) in [4.78, 5) is 50.7. The first kappa shape index (κ1) is 34.3. The van der Waals surface area contributed by atoms with Crippen molar-refractivity contribution in [3.8, 4) is 11.5 Å². The average Bonchev–Trinajstić information content (AvgIpc) is 2.99. The van der Waals surface area contributed by atoms with Crippen molar-refractivity contribution in [1.29, 1.82) is 0 Å². The van der Waals surface area contributed by atoms with Crippen molar-refractivity contribution < 1.29 is 38.1 Å². The Morgan fingerprint density at radius 2 is 0.932 bits per heavy atom. The van der Waals surface area contributed by atoms with E-state index in [1.807, 2.05) is 88.4 Å². The maximum absolute atomic E-state index is 13.2. The van der Waals surface area contributed by atoms with Crippen molar-refractivity contribution in [2.75, 3.05) is 26.4 Å². The number of benzene rings is 2. The average molecular weight is 605 g/mol. The second-order valence-corrected chi connectivity index (χ2v) is 12.1. The van der Waals surface area contributed by atoms with Crippen molar-refractivity contribution >= 4 is 23.5 Å². The molecule has 8 nitrogen and oxygen atoms in total. The number of hydrogen-bond donors (Lipinski definition) is 0. The molecule has 0 atom stereocenters. The zero-order valence-electron chi connectivity index (χ0n) is 26.3. The maximum Gasteiger partial charge on any atom is 0.305 e. The lowest BCUT2D eigenvalue weighted by molar-refractivity contribution is -0.145. The highest BCUT2D eigenvalue weighted by atomic mass is 16.6. The predicted octanol–water partition coefficient (Wildman–Crippen LogP) is 6.63. The summed E-state index contributed by atoms with van der Waals surface area (Å²) in [7, 11) is 0. The first-order valence-corrected chi connectivity index (χ1v) is 15.2. The fourth-order valence-electron chi connectivity index (χ4n) is 5.04. The second kappa shape index (κ2) is 16.6. The van der Waals surface area contributed by atoms with Crippen LogP contribution in [0, 0.1) is 10.8 Å². The molecule has 0 heterocycles. The summed E-state index contributed by atoms with van der Waals surface area (Å²) in [5.41, 5.74) is -0.311. The van der Waals surface area contributed by atoms with E-state index in [1.54, 1.807) is 0 Å². The molecule has 0 aromatic heterocycles. The van der Waals surface area contributed by atoms with Crippen LogP contribution in [0.1, 0.15) is 66.2 Å². The van der Waals surface area contributed by atoms with Gasteiger partial charge < -0.3 is 18.9 Å². The third-order valence-corrected chi connectivity index (χ3v) is 7.62. The minimum Gasteiger partial charge on any atom is -0.490 e. The van der Waals surface area contributed by atoms with Crippen LogP contribution in [0.5, 0.6) is 11.5 Å². The Bertz CT molecular complexity index is 1220. The zero-order chi connectivity index (χ0) is 32.0. The number of ketones is 2. The Kier molecular flexibility index (Phi) is 12.9. The molecule has 0 unspecified atom stereocenters. The molecule has 8 heteroatoms. The number of hydrogen-bond acceptors (Lipinski definition) is 8. The summed E-state index contributed by atoms with van der Waals surface area (Å²) >= 11 is 0. The van der Waals surface area contributed by atoms with Crippen LogP contribution >= 0.6 is 0 Å². The SMILES string of the molecule is CC(C)(CCCC(=O)OCCOc1ccccc1)C1=CC(=O)C(C(C)(C)CCCC(=O)OCCOc2ccccc2)=CC1=O. The van der Waals surface area contributed by atoms with Crippen molar-refractivity contribution in [1.82, 2.24) is 0 Å². The van der Waals surface area contributed by atoms with Crippen LogP contribution in [0.15, 0.2) is 84.0 Å². The molecular formula is C36H44O8. The van der Waals surface area contributed by atoms with Gasteiger partial charge in [0.05, 0.1) is 0 Å². The third-order valence-electron chi connectivity index (χ3n) is 7.62. The van der Waals surface area contributed by atoms with Gasteiger partial charge in [0.2, 0.25) is 0 Å². The molecule has 3 rings (SSSR count). The molecule has 0 radical (unpaired) electrons. The Morgan fingerprint density at radius 3 is 1.30 bits per heavy atom. The maximum atomic E-state index is 13.2. The second-order valence-electron chi connectivity index (χ2n) is 12.1. The number of ether oxygens (including phenoxy) is 4. The third kappa shape index (κ3) is 11.1. The van der Waals surface area contributed by atoms with Gasteiger partial charge in [0, 0.05) is 24.0 Å². The van der Waals surface area contributed by atoms with Crippen molar-refractivity contribution in [3.63, 3.8) is 0 Å². The minimum atomic E-state index is -0.594. The summed E-state index contributed by atoms with van der Waals surface area (Å²) in [6.45, 7) is 8.47. The smallest absolute Gasteiger partial charge is 0.305 e. The van der Waals surface area contributed by atoms with E-state index >= 15 is 0 Å². The van der Waals surface area contributed by atoms with Crippen molar-refractivity contribution in [2.45, 2.75) is 66.2 Å². The van der Waals surface area contributed by atoms with E-state index in [-0.39, 0.29) is 62.8 Å². The first-order chi connectivity index (χ1) is 21.0. The van der Waals surface area contributed by atoms with E-state index in [9.17, 15) is 19.2 Å². The van der Waals surface area contributed by atoms with Gasteiger partial charge in [0.25, 0.3) is 0 Å². The van der Waals surface area contributed by atoms with Crippen LogP contribution in [0.3, 0.4) is 0 Å². The zero-order valence-corrected chi connectivity index (χ0v) is 26.3. The molecule has 236 valence electrons. The molecule has 0 fully saturated rings. The van der Waals surface area contributed by atoms with E-state index in [0.29, 0.717) is 48.3 Å². The van der Waals surface area contributed by atoms with Crippen molar-refractivity contribution in [2.24, 2.45) is 10.8 Å². The Balaban J connectivity index is 1.37. The number of esters is 2. The van der Waals surface area contributed by atoms with Gasteiger partial charge in [0.15, 0.2) is 11.6 Å². The Hall–Kier alpha value is -4.20. The summed E-state index contributed by atoms with van der Waals surface area (Å²) < 4.78 is 21.6. The molecule has 0 aliphatic heterocycles. The first-order valence-electron chi connectivity index (χ1n) is 15.2. The van der Waals surface area contributed by atoms with Crippen molar-refractivity contribution in [3.05, 3.63) is 84.0 Å². The lowest BCUT2D eigenvalue weighted by Crippen LogP contribution is -2.30. The van der Waals surface area contributed by atoms with Gasteiger partial charge in [-0.1, -0.05) is 64.1 Å². The van der Waals surface area contributed by atoms with Crippen LogP contribution < -0.4 is 9.47 Å². The number of para-hydroxylation sites is 2. The minimum absolute atomic E-state index is 0.156. The van der Waals surface area contributed by atoms with Crippen LogP contribution in [0.4, 0.5) is 0 Å². The molecule has 0 bridgehead atoms. The van der Waals surface area contributed by atoms with Crippen LogP contribution in [0.25, 0.3) is 0 Å². The van der Waals surface area contributed by atoms with Gasteiger partial charge in [-0.25, -0.2) is 0 Å². The normalized spacial score (nSPS) is 13.5. The molecule has 2 aromatic carbocycles. The van der Waals surface area contributed by atoms with Crippen LogP contribution in [-0.4, -0.2) is 49.9 Å². The van der Waals surface area contributed by atoms with Gasteiger partial charge in [0.1, 0.15) is 37.9 Å². The highest BCUT2D eigenvalue weighted by Crippen LogP contribution is 2.40. The van der Waals surface area contributed by atoms with E-state index in [2.05, 4.69) is 0 Å². The summed E-state index contributed by atoms with van der Waals surface area (Å²) in [6, 6.07) is 18.6. The Labute approximate surface area is 260 Å². The van der Waals surface area contributed by atoms with Gasteiger partial charge >= 0.3 is 11.9 Å². The van der Waals surface area contributed by atoms with E-state index in [0.717, 1.165) is 0 Å². The molecule has 44 heavy (non-hydrogen) atoms. The topological polar surface area (TPSA) is 105 Å². The molecule has 0 amide bonds. The highest BCUT2D eigenvalue weighted by molar-refractivity contribution is 6.20. The lowest BCUT2D eigenvalue weighted by atomic mass is 9.70. The standard InChI is InChI=1S/C36H44O8/c1-35(2,19-11-17-33(39)43-23-21-41-27-13-7-5-8-14-27)29-25-32(38)30(26-31(29)37)36(3,4)20-12-18-34(40)44-24-22-42-28-15-9-6-10-16-28/h5-10,13-16,25-26H,11-12,17-24H2,1-4H3. The summed E-state index contributed by atoms with van der Waals surface area (Å²) in [5, 5.41) is 0. The fourth-order valence-corrected chi connectivity index (χ4v) is 5.04. The monoisotopic (exact) mass is 604 g/mol. The van der Waals surface area contributed by atoms with Gasteiger partial charge in [-0.15, -0.1) is 0 Å². The molecule has 0 saturated carbocycles. The van der Waals surface area contributed by atoms with E-state index in [4.69, 9.17) is 18.9 Å². The summed E-state index contributed by atoms with van der Waals surface area (Å²) in [5.74, 6) is 0.378. The molecule has 0 saturated heterocycles. The largest absolute Gasteiger partial charge is 0.490 e. The Morgan fingerprint density at radius 1 is 0.568 bits per heavy atom. The fraction of sp³-hybridized carbons (Fsp3) is 0.444. The number of carbonyl (C=O) groups is 4. The van der Waals surface area contributed by atoms with E-state index in [1.165, 1.54) is 12.2 Å². The molecule has 0 N–H and O–H groups in total. The quantitative estimate of drug-likeness (QED) is 0.106. The van der Waals surface area contributed by atoms with Gasteiger partial charge in [-0.05, 0) is 72.9 Å². The number of allylic oxidation sites excluding steroid dienone is 4. The molecule has 2 aromatic rings. The molecule has 0 spiro atoms. The summed E-state index contributed by atoms with van der Waals surface area (Å²) in [6.07, 6.45) is 5.42. The van der Waals surface area contributed by atoms with Crippen LogP contribution in [0.2, 0.25) is 0 Å². The molecule has 1 aliphatic carbocycles. The highest BCUT2D eigenvalue weighted by Gasteiger charge is 2.36. The molecular weight excluding hydrogens is 560 g/mol. The number of rotatable bonds is 18. The lowest BCUT2D eigenvalue weighted by Gasteiger charge is -2.32. The predicted molar refractivity (Wildman–Crippen MR) is 167 cm³/mol. The molecule has 1 aliphatic rings. The van der Waals surface area contributed by atoms with E-state index < -0.39 is 10.8 Å².